The molecule has 0 aromatic heterocycles. The highest BCUT2D eigenvalue weighted by atomic mass is 16.6. The largest absolute Gasteiger partial charge is 0.444 e. The summed E-state index contributed by atoms with van der Waals surface area (Å²) in [5, 5.41) is 8.68. The standard InChI is InChI=1S/C16H31NO5/c1-5-16(21-12-11-20-10-9-18)7-6-8-17(13-16)14(19)22-15(2,3)4/h18H,5-13H2,1-4H3. The van der Waals surface area contributed by atoms with Crippen molar-refractivity contribution < 1.29 is 24.1 Å². The molecule has 22 heavy (non-hydrogen) atoms. The molecule has 1 aliphatic rings. The first-order valence-corrected chi connectivity index (χ1v) is 8.12. The highest BCUT2D eigenvalue weighted by Gasteiger charge is 2.38. The SMILES string of the molecule is CCC1(OCCOCCO)CCCN(C(=O)OC(C)(C)C)C1. The van der Waals surface area contributed by atoms with E-state index in [1.165, 1.54) is 0 Å². The number of nitrogens with zero attached hydrogens (tertiary/aromatic N) is 1. The number of amides is 1. The number of rotatable bonds is 7. The molecular formula is C16H31NO5. The summed E-state index contributed by atoms with van der Waals surface area (Å²) in [7, 11) is 0. The molecule has 1 heterocycles. The average Bonchev–Trinajstić information content (AvgIpc) is 2.45. The molecule has 1 saturated heterocycles. The number of hydrogen-bond donors (Lipinski definition) is 1. The molecule has 0 spiro atoms. The van der Waals surface area contributed by atoms with Gasteiger partial charge in [-0.2, -0.15) is 0 Å². The van der Waals surface area contributed by atoms with Crippen LogP contribution < -0.4 is 0 Å². The molecule has 0 aliphatic carbocycles. The van der Waals surface area contributed by atoms with Crippen LogP contribution in [0.15, 0.2) is 0 Å². The van der Waals surface area contributed by atoms with Crippen LogP contribution >= 0.6 is 0 Å². The third-order valence-electron chi connectivity index (χ3n) is 3.71. The summed E-state index contributed by atoms with van der Waals surface area (Å²) >= 11 is 0. The summed E-state index contributed by atoms with van der Waals surface area (Å²) in [4.78, 5) is 14.0. The predicted octanol–water partition coefficient (Wildman–Crippen LogP) is 2.19. The maximum atomic E-state index is 12.2. The molecule has 1 aliphatic heterocycles. The second-order valence-electron chi connectivity index (χ2n) is 6.73. The minimum atomic E-state index is -0.484. The molecule has 1 rings (SSSR count). The van der Waals surface area contributed by atoms with Gasteiger partial charge in [-0.1, -0.05) is 6.92 Å². The number of likely N-dealkylation sites (tertiary alicyclic amines) is 1. The Kier molecular flexibility index (Phi) is 7.59. The van der Waals surface area contributed by atoms with Crippen molar-refractivity contribution in [3.05, 3.63) is 0 Å². The highest BCUT2D eigenvalue weighted by Crippen LogP contribution is 2.29. The Bertz CT molecular complexity index is 342. The van der Waals surface area contributed by atoms with Crippen LogP contribution in [0.4, 0.5) is 4.79 Å². The number of aliphatic hydroxyl groups excluding tert-OH is 1. The van der Waals surface area contributed by atoms with Gasteiger partial charge in [-0.15, -0.1) is 0 Å². The normalized spacial score (nSPS) is 22.7. The molecule has 0 saturated carbocycles. The van der Waals surface area contributed by atoms with Crippen LogP contribution in [0, 0.1) is 0 Å². The third kappa shape index (κ3) is 6.50. The summed E-state index contributed by atoms with van der Waals surface area (Å²) in [5.74, 6) is 0. The lowest BCUT2D eigenvalue weighted by molar-refractivity contribution is -0.107. The zero-order valence-electron chi connectivity index (χ0n) is 14.4. The van der Waals surface area contributed by atoms with E-state index >= 15 is 0 Å². The van der Waals surface area contributed by atoms with Gasteiger partial charge in [0.25, 0.3) is 0 Å². The molecule has 6 heteroatoms. The monoisotopic (exact) mass is 317 g/mol. The fraction of sp³-hybridized carbons (Fsp3) is 0.938. The summed E-state index contributed by atoms with van der Waals surface area (Å²) in [6, 6.07) is 0. The topological polar surface area (TPSA) is 68.2 Å². The van der Waals surface area contributed by atoms with Gasteiger partial charge in [-0.05, 0) is 40.0 Å². The minimum absolute atomic E-state index is 0.0192. The van der Waals surface area contributed by atoms with Gasteiger partial charge in [-0.3, -0.25) is 0 Å². The maximum Gasteiger partial charge on any atom is 0.410 e. The van der Waals surface area contributed by atoms with Crippen molar-refractivity contribution in [2.45, 2.75) is 58.2 Å². The summed E-state index contributed by atoms with van der Waals surface area (Å²) in [6.07, 6.45) is 2.41. The zero-order valence-corrected chi connectivity index (χ0v) is 14.4. The van der Waals surface area contributed by atoms with Gasteiger partial charge in [0.2, 0.25) is 0 Å². The van der Waals surface area contributed by atoms with Crippen LogP contribution in [-0.4, -0.2) is 66.8 Å². The Morgan fingerprint density at radius 1 is 1.27 bits per heavy atom. The number of hydrogen-bond acceptors (Lipinski definition) is 5. The van der Waals surface area contributed by atoms with E-state index in [1.54, 1.807) is 4.90 Å². The maximum absolute atomic E-state index is 12.2. The van der Waals surface area contributed by atoms with Gasteiger partial charge in [0.05, 0.1) is 38.6 Å². The molecule has 130 valence electrons. The first kappa shape index (κ1) is 19.2. The van der Waals surface area contributed by atoms with Gasteiger partial charge in [0.15, 0.2) is 0 Å². The number of piperidine rings is 1. The van der Waals surface area contributed by atoms with E-state index in [4.69, 9.17) is 19.3 Å². The molecule has 0 aromatic rings. The Morgan fingerprint density at radius 2 is 2.00 bits per heavy atom. The minimum Gasteiger partial charge on any atom is -0.444 e. The van der Waals surface area contributed by atoms with E-state index in [9.17, 15) is 4.79 Å². The Hall–Kier alpha value is -0.850. The zero-order chi connectivity index (χ0) is 16.6. The lowest BCUT2D eigenvalue weighted by atomic mass is 9.90. The van der Waals surface area contributed by atoms with Crippen LogP contribution in [0.3, 0.4) is 0 Å². The smallest absolute Gasteiger partial charge is 0.410 e. The first-order chi connectivity index (χ1) is 10.3. The molecule has 1 unspecified atom stereocenters. The quantitative estimate of drug-likeness (QED) is 0.729. The van der Waals surface area contributed by atoms with Crippen LogP contribution in [0.5, 0.6) is 0 Å². The summed E-state index contributed by atoms with van der Waals surface area (Å²) < 4.78 is 16.7. The lowest BCUT2D eigenvalue weighted by Gasteiger charge is -2.42. The predicted molar refractivity (Wildman–Crippen MR) is 83.9 cm³/mol. The Morgan fingerprint density at radius 3 is 2.59 bits per heavy atom. The van der Waals surface area contributed by atoms with E-state index in [0.717, 1.165) is 19.3 Å². The second kappa shape index (κ2) is 8.70. The van der Waals surface area contributed by atoms with Crippen molar-refractivity contribution in [1.82, 2.24) is 4.90 Å². The van der Waals surface area contributed by atoms with Gasteiger partial charge >= 0.3 is 6.09 Å². The lowest BCUT2D eigenvalue weighted by Crippen LogP contribution is -2.52. The molecular weight excluding hydrogens is 286 g/mol. The highest BCUT2D eigenvalue weighted by molar-refractivity contribution is 5.68. The molecule has 0 radical (unpaired) electrons. The summed E-state index contributed by atoms with van der Waals surface area (Å²) in [5.41, 5.74) is -0.805. The van der Waals surface area contributed by atoms with Crippen molar-refractivity contribution in [2.75, 3.05) is 39.5 Å². The van der Waals surface area contributed by atoms with Crippen LogP contribution in [0.2, 0.25) is 0 Å². The fourth-order valence-corrected chi connectivity index (χ4v) is 2.57. The molecule has 6 nitrogen and oxygen atoms in total. The van der Waals surface area contributed by atoms with E-state index in [2.05, 4.69) is 6.92 Å². The van der Waals surface area contributed by atoms with Crippen LogP contribution in [0.25, 0.3) is 0 Å². The molecule has 1 amide bonds. The number of aliphatic hydroxyl groups is 1. The fourth-order valence-electron chi connectivity index (χ4n) is 2.57. The van der Waals surface area contributed by atoms with Crippen LogP contribution in [0.1, 0.15) is 47.0 Å². The Labute approximate surface area is 133 Å². The number of carbonyl (C=O) groups excluding carboxylic acids is 1. The van der Waals surface area contributed by atoms with Crippen molar-refractivity contribution in [3.63, 3.8) is 0 Å². The molecule has 0 bridgehead atoms. The van der Waals surface area contributed by atoms with Gasteiger partial charge in [-0.25, -0.2) is 4.79 Å². The van der Waals surface area contributed by atoms with Gasteiger partial charge < -0.3 is 24.2 Å². The van der Waals surface area contributed by atoms with Gasteiger partial charge in [0, 0.05) is 6.54 Å². The number of carbonyl (C=O) groups is 1. The average molecular weight is 317 g/mol. The van der Waals surface area contributed by atoms with E-state index in [0.29, 0.717) is 32.9 Å². The summed E-state index contributed by atoms with van der Waals surface area (Å²) in [6.45, 7) is 10.2. The van der Waals surface area contributed by atoms with Crippen LogP contribution in [-0.2, 0) is 14.2 Å². The van der Waals surface area contributed by atoms with Crippen molar-refractivity contribution in [2.24, 2.45) is 0 Å². The van der Waals surface area contributed by atoms with Crippen molar-refractivity contribution in [1.29, 1.82) is 0 Å². The third-order valence-corrected chi connectivity index (χ3v) is 3.71. The van der Waals surface area contributed by atoms with Crippen molar-refractivity contribution in [3.8, 4) is 0 Å². The molecule has 1 atom stereocenters. The second-order valence-corrected chi connectivity index (χ2v) is 6.73. The molecule has 1 fully saturated rings. The van der Waals surface area contributed by atoms with E-state index in [-0.39, 0.29) is 18.3 Å². The van der Waals surface area contributed by atoms with E-state index in [1.807, 2.05) is 20.8 Å². The molecule has 1 N–H and O–H groups in total. The van der Waals surface area contributed by atoms with Gasteiger partial charge in [0.1, 0.15) is 5.60 Å². The Balaban J connectivity index is 2.51. The first-order valence-electron chi connectivity index (χ1n) is 8.12. The van der Waals surface area contributed by atoms with E-state index < -0.39 is 5.60 Å². The van der Waals surface area contributed by atoms with Crippen molar-refractivity contribution >= 4 is 6.09 Å². The number of ether oxygens (including phenoxy) is 3. The molecule has 0 aromatic carbocycles.